The third-order valence-electron chi connectivity index (χ3n) is 2.16. The maximum atomic E-state index is 13.4. The molecule has 0 aliphatic heterocycles. The van der Waals surface area contributed by atoms with Gasteiger partial charge in [0, 0.05) is 6.07 Å². The molecule has 20 heavy (non-hydrogen) atoms. The smallest absolute Gasteiger partial charge is 0.330 e. The predicted octanol–water partition coefficient (Wildman–Crippen LogP) is 1.66. The van der Waals surface area contributed by atoms with E-state index in [9.17, 15) is 4.39 Å². The highest BCUT2D eigenvalue weighted by molar-refractivity contribution is 5.37. The van der Waals surface area contributed by atoms with E-state index in [1.54, 1.807) is 13.0 Å². The van der Waals surface area contributed by atoms with Gasteiger partial charge in [0.15, 0.2) is 0 Å². The minimum absolute atomic E-state index is 0.0177. The SMILES string of the molecule is CCOc1nc(N)nc(Oc2ccc(C#N)c(F)c2)n1. The van der Waals surface area contributed by atoms with E-state index in [-0.39, 0.29) is 29.3 Å². The molecule has 0 fully saturated rings. The van der Waals surface area contributed by atoms with E-state index in [1.165, 1.54) is 12.1 Å². The number of anilines is 1. The van der Waals surface area contributed by atoms with Gasteiger partial charge in [0.2, 0.25) is 5.95 Å². The molecule has 102 valence electrons. The van der Waals surface area contributed by atoms with E-state index in [4.69, 9.17) is 20.5 Å². The zero-order chi connectivity index (χ0) is 14.5. The summed E-state index contributed by atoms with van der Waals surface area (Å²) in [5.41, 5.74) is 5.40. The van der Waals surface area contributed by atoms with Gasteiger partial charge < -0.3 is 15.2 Å². The van der Waals surface area contributed by atoms with Gasteiger partial charge in [-0.3, -0.25) is 0 Å². The lowest BCUT2D eigenvalue weighted by Gasteiger charge is -2.06. The van der Waals surface area contributed by atoms with Gasteiger partial charge in [0.1, 0.15) is 17.6 Å². The first kappa shape index (κ1) is 13.5. The molecule has 2 N–H and O–H groups in total. The van der Waals surface area contributed by atoms with Crippen LogP contribution in [0.1, 0.15) is 12.5 Å². The Kier molecular flexibility index (Phi) is 3.91. The number of aromatic nitrogens is 3. The normalized spacial score (nSPS) is 9.85. The van der Waals surface area contributed by atoms with Crippen molar-refractivity contribution in [1.29, 1.82) is 5.26 Å². The molecule has 0 unspecified atom stereocenters. The highest BCUT2D eigenvalue weighted by atomic mass is 19.1. The number of nitrogen functional groups attached to an aromatic ring is 1. The Balaban J connectivity index is 2.25. The Morgan fingerprint density at radius 2 is 2.05 bits per heavy atom. The summed E-state index contributed by atoms with van der Waals surface area (Å²) in [5, 5.41) is 8.63. The summed E-state index contributed by atoms with van der Waals surface area (Å²) in [4.78, 5) is 11.4. The third-order valence-corrected chi connectivity index (χ3v) is 2.16. The van der Waals surface area contributed by atoms with Crippen LogP contribution in [0.15, 0.2) is 18.2 Å². The summed E-state index contributed by atoms with van der Waals surface area (Å²) in [6.07, 6.45) is 0. The molecule has 1 aromatic carbocycles. The van der Waals surface area contributed by atoms with Crippen LogP contribution in [0, 0.1) is 17.1 Å². The van der Waals surface area contributed by atoms with Crippen molar-refractivity contribution in [1.82, 2.24) is 15.0 Å². The third kappa shape index (κ3) is 3.08. The largest absolute Gasteiger partial charge is 0.464 e. The molecular formula is C12H10FN5O2. The lowest BCUT2D eigenvalue weighted by Crippen LogP contribution is -2.04. The van der Waals surface area contributed by atoms with Crippen LogP contribution >= 0.6 is 0 Å². The Morgan fingerprint density at radius 3 is 2.70 bits per heavy atom. The highest BCUT2D eigenvalue weighted by Gasteiger charge is 2.09. The molecular weight excluding hydrogens is 265 g/mol. The molecule has 1 aromatic heterocycles. The van der Waals surface area contributed by atoms with Crippen molar-refractivity contribution >= 4 is 5.95 Å². The molecule has 0 saturated heterocycles. The maximum absolute atomic E-state index is 13.4. The van der Waals surface area contributed by atoms with Crippen LogP contribution in [-0.4, -0.2) is 21.6 Å². The first-order chi connectivity index (χ1) is 9.62. The average molecular weight is 275 g/mol. The fourth-order valence-corrected chi connectivity index (χ4v) is 1.35. The molecule has 0 bridgehead atoms. The van der Waals surface area contributed by atoms with Crippen LogP contribution in [0.25, 0.3) is 0 Å². The molecule has 0 amide bonds. The Morgan fingerprint density at radius 1 is 1.30 bits per heavy atom. The van der Waals surface area contributed by atoms with Gasteiger partial charge in [-0.2, -0.15) is 15.2 Å². The molecule has 0 aliphatic carbocycles. The summed E-state index contributed by atoms with van der Waals surface area (Å²) >= 11 is 0. The lowest BCUT2D eigenvalue weighted by molar-refractivity contribution is 0.304. The van der Waals surface area contributed by atoms with Gasteiger partial charge in [-0.1, -0.05) is 0 Å². The van der Waals surface area contributed by atoms with E-state index in [0.29, 0.717) is 6.61 Å². The molecule has 8 heteroatoms. The predicted molar refractivity (Wildman–Crippen MR) is 66.6 cm³/mol. The molecule has 0 saturated carbocycles. The second kappa shape index (κ2) is 5.79. The van der Waals surface area contributed by atoms with Gasteiger partial charge in [0.05, 0.1) is 12.2 Å². The molecule has 0 aliphatic rings. The quantitative estimate of drug-likeness (QED) is 0.903. The van der Waals surface area contributed by atoms with E-state index >= 15 is 0 Å². The number of benzene rings is 1. The number of rotatable bonds is 4. The number of nitrogens with two attached hydrogens (primary N) is 1. The topological polar surface area (TPSA) is 107 Å². The van der Waals surface area contributed by atoms with E-state index in [1.807, 2.05) is 0 Å². The summed E-state index contributed by atoms with van der Waals surface area (Å²) in [6.45, 7) is 2.12. The Labute approximate surface area is 113 Å². The maximum Gasteiger partial charge on any atom is 0.330 e. The van der Waals surface area contributed by atoms with Crippen molar-refractivity contribution in [2.75, 3.05) is 12.3 Å². The summed E-state index contributed by atoms with van der Waals surface area (Å²) in [7, 11) is 0. The number of nitriles is 1. The number of hydrogen-bond donors (Lipinski definition) is 1. The lowest BCUT2D eigenvalue weighted by atomic mass is 10.2. The average Bonchev–Trinajstić information content (AvgIpc) is 2.38. The highest BCUT2D eigenvalue weighted by Crippen LogP contribution is 2.22. The van der Waals surface area contributed by atoms with Crippen LogP contribution < -0.4 is 15.2 Å². The van der Waals surface area contributed by atoms with E-state index in [2.05, 4.69) is 15.0 Å². The zero-order valence-corrected chi connectivity index (χ0v) is 10.5. The van der Waals surface area contributed by atoms with Crippen molar-refractivity contribution in [2.24, 2.45) is 0 Å². The van der Waals surface area contributed by atoms with Gasteiger partial charge in [0.25, 0.3) is 0 Å². The fraction of sp³-hybridized carbons (Fsp3) is 0.167. The van der Waals surface area contributed by atoms with Crippen LogP contribution in [-0.2, 0) is 0 Å². The Hall–Kier alpha value is -2.95. The Bertz CT molecular complexity index is 671. The summed E-state index contributed by atoms with van der Waals surface area (Å²) < 4.78 is 23.8. The van der Waals surface area contributed by atoms with E-state index < -0.39 is 5.82 Å². The molecule has 2 rings (SSSR count). The molecule has 0 radical (unpaired) electrons. The summed E-state index contributed by atoms with van der Waals surface area (Å²) in [5.74, 6) is -0.640. The van der Waals surface area contributed by atoms with Crippen molar-refractivity contribution in [3.05, 3.63) is 29.6 Å². The minimum Gasteiger partial charge on any atom is -0.464 e. The molecule has 2 aromatic rings. The second-order valence-corrected chi connectivity index (χ2v) is 3.55. The van der Waals surface area contributed by atoms with E-state index in [0.717, 1.165) is 6.07 Å². The monoisotopic (exact) mass is 275 g/mol. The molecule has 1 heterocycles. The van der Waals surface area contributed by atoms with Gasteiger partial charge in [-0.15, -0.1) is 4.98 Å². The van der Waals surface area contributed by atoms with Crippen LogP contribution in [0.5, 0.6) is 17.8 Å². The zero-order valence-electron chi connectivity index (χ0n) is 10.5. The first-order valence-electron chi connectivity index (χ1n) is 5.64. The molecule has 0 atom stereocenters. The standard InChI is InChI=1S/C12H10FN5O2/c1-2-19-11-16-10(15)17-12(18-11)20-8-4-3-7(6-14)9(13)5-8/h3-5H,2H2,1H3,(H2,15,16,17,18). The second-order valence-electron chi connectivity index (χ2n) is 3.55. The number of nitrogens with zero attached hydrogens (tertiary/aromatic N) is 4. The minimum atomic E-state index is -0.697. The molecule has 7 nitrogen and oxygen atoms in total. The van der Waals surface area contributed by atoms with Gasteiger partial charge >= 0.3 is 12.0 Å². The van der Waals surface area contributed by atoms with Crippen LogP contribution in [0.2, 0.25) is 0 Å². The van der Waals surface area contributed by atoms with Crippen LogP contribution in [0.3, 0.4) is 0 Å². The van der Waals surface area contributed by atoms with Crippen molar-refractivity contribution in [3.63, 3.8) is 0 Å². The van der Waals surface area contributed by atoms with Crippen molar-refractivity contribution < 1.29 is 13.9 Å². The van der Waals surface area contributed by atoms with Crippen LogP contribution in [0.4, 0.5) is 10.3 Å². The molecule has 0 spiro atoms. The van der Waals surface area contributed by atoms with Crippen molar-refractivity contribution in [3.8, 4) is 23.8 Å². The number of halogens is 1. The summed E-state index contributed by atoms with van der Waals surface area (Å²) in [6, 6.07) is 5.37. The number of hydrogen-bond acceptors (Lipinski definition) is 7. The fourth-order valence-electron chi connectivity index (χ4n) is 1.35. The van der Waals surface area contributed by atoms with Gasteiger partial charge in [-0.25, -0.2) is 4.39 Å². The number of ether oxygens (including phenoxy) is 2. The van der Waals surface area contributed by atoms with Gasteiger partial charge in [-0.05, 0) is 19.1 Å². The first-order valence-corrected chi connectivity index (χ1v) is 5.64. The van der Waals surface area contributed by atoms with Crippen molar-refractivity contribution in [2.45, 2.75) is 6.92 Å².